The van der Waals surface area contributed by atoms with Gasteiger partial charge in [-0.2, -0.15) is 13.2 Å². The van der Waals surface area contributed by atoms with Crippen molar-refractivity contribution in [3.8, 4) is 22.8 Å². The van der Waals surface area contributed by atoms with Crippen LogP contribution in [-0.4, -0.2) is 63.9 Å². The number of hydrogen-bond donors (Lipinski definition) is 2. The van der Waals surface area contributed by atoms with E-state index in [9.17, 15) is 18.0 Å². The fourth-order valence-corrected chi connectivity index (χ4v) is 5.30. The van der Waals surface area contributed by atoms with E-state index in [1.54, 1.807) is 43.7 Å². The van der Waals surface area contributed by atoms with Gasteiger partial charge in [0.05, 0.1) is 16.6 Å². The van der Waals surface area contributed by atoms with E-state index >= 15 is 0 Å². The number of aryl methyl sites for hydroxylation is 1. The summed E-state index contributed by atoms with van der Waals surface area (Å²) in [4.78, 5) is 29.4. The first kappa shape index (κ1) is 29.3. The van der Waals surface area contributed by atoms with Crippen LogP contribution in [0.2, 0.25) is 0 Å². The predicted molar refractivity (Wildman–Crippen MR) is 163 cm³/mol. The molecule has 44 heavy (non-hydrogen) atoms. The molecular formula is C33H31F3N6O2. The van der Waals surface area contributed by atoms with E-state index in [1.165, 1.54) is 12.1 Å². The van der Waals surface area contributed by atoms with Gasteiger partial charge in [0.2, 0.25) is 0 Å². The molecule has 0 bridgehead atoms. The molecule has 1 aliphatic rings. The maximum Gasteiger partial charge on any atom is 0.416 e. The van der Waals surface area contributed by atoms with Crippen LogP contribution in [-0.2, 0) is 12.7 Å². The Kier molecular flexibility index (Phi) is 8.07. The Hall–Kier alpha value is -4.74. The van der Waals surface area contributed by atoms with E-state index in [4.69, 9.17) is 4.74 Å². The lowest BCUT2D eigenvalue weighted by molar-refractivity contribution is -0.138. The lowest BCUT2D eigenvalue weighted by Crippen LogP contribution is -2.44. The fourth-order valence-electron chi connectivity index (χ4n) is 5.30. The minimum absolute atomic E-state index is 0.0698. The van der Waals surface area contributed by atoms with Gasteiger partial charge < -0.3 is 19.9 Å². The molecule has 5 aromatic rings. The maximum absolute atomic E-state index is 14.1. The molecular weight excluding hydrogens is 569 g/mol. The Labute approximate surface area is 252 Å². The second kappa shape index (κ2) is 12.1. The van der Waals surface area contributed by atoms with E-state index in [-0.39, 0.29) is 23.4 Å². The van der Waals surface area contributed by atoms with Crippen molar-refractivity contribution < 1.29 is 22.7 Å². The number of amides is 1. The van der Waals surface area contributed by atoms with Crippen LogP contribution in [0.3, 0.4) is 0 Å². The van der Waals surface area contributed by atoms with Crippen molar-refractivity contribution in [2.45, 2.75) is 19.6 Å². The van der Waals surface area contributed by atoms with Crippen LogP contribution in [0, 0.1) is 6.92 Å². The zero-order valence-electron chi connectivity index (χ0n) is 24.3. The van der Waals surface area contributed by atoms with Gasteiger partial charge in [-0.05, 0) is 67.6 Å². The number of pyridine rings is 2. The molecule has 0 unspecified atom stereocenters. The predicted octanol–water partition coefficient (Wildman–Crippen LogP) is 6.74. The molecule has 2 aromatic carbocycles. The first-order valence-corrected chi connectivity index (χ1v) is 14.2. The van der Waals surface area contributed by atoms with Crippen LogP contribution in [0.4, 0.5) is 18.9 Å². The third kappa shape index (κ3) is 6.43. The van der Waals surface area contributed by atoms with Crippen molar-refractivity contribution in [1.29, 1.82) is 0 Å². The van der Waals surface area contributed by atoms with Crippen molar-refractivity contribution in [2.75, 3.05) is 38.5 Å². The summed E-state index contributed by atoms with van der Waals surface area (Å²) < 4.78 is 48.5. The highest BCUT2D eigenvalue weighted by Crippen LogP contribution is 2.36. The SMILES string of the molecule is Cc1ccc(Oc2cc(-c3ccncc3)nc3[nH]ccc23)cc1C(=O)Nc1ccc(CN2CCN(C)CC2)c(C(F)(F)F)c1. The molecule has 0 aliphatic carbocycles. The van der Waals surface area contributed by atoms with Crippen molar-refractivity contribution in [2.24, 2.45) is 0 Å². The number of anilines is 1. The molecule has 0 spiro atoms. The number of nitrogens with one attached hydrogen (secondary N) is 2. The van der Waals surface area contributed by atoms with E-state index in [0.29, 0.717) is 41.5 Å². The zero-order valence-corrected chi connectivity index (χ0v) is 24.3. The number of nitrogens with zero attached hydrogens (tertiary/aromatic N) is 4. The Morgan fingerprint density at radius 3 is 2.52 bits per heavy atom. The summed E-state index contributed by atoms with van der Waals surface area (Å²) in [6.45, 7) is 4.97. The molecule has 0 atom stereocenters. The average molecular weight is 601 g/mol. The summed E-state index contributed by atoms with van der Waals surface area (Å²) >= 11 is 0. The van der Waals surface area contributed by atoms with Gasteiger partial charge in [-0.15, -0.1) is 0 Å². The van der Waals surface area contributed by atoms with Crippen molar-refractivity contribution in [1.82, 2.24) is 24.8 Å². The minimum Gasteiger partial charge on any atom is -0.456 e. The molecule has 0 radical (unpaired) electrons. The van der Waals surface area contributed by atoms with Crippen LogP contribution < -0.4 is 10.1 Å². The van der Waals surface area contributed by atoms with Crippen molar-refractivity contribution in [3.05, 3.63) is 102 Å². The highest BCUT2D eigenvalue weighted by molar-refractivity contribution is 6.05. The Morgan fingerprint density at radius 2 is 1.77 bits per heavy atom. The summed E-state index contributed by atoms with van der Waals surface area (Å²) in [5, 5.41) is 3.42. The number of carbonyl (C=O) groups excluding carboxylic acids is 1. The fraction of sp³-hybridized carbons (Fsp3) is 0.242. The molecule has 6 rings (SSSR count). The maximum atomic E-state index is 14.1. The van der Waals surface area contributed by atoms with Crippen LogP contribution >= 0.6 is 0 Å². The van der Waals surface area contributed by atoms with E-state index in [0.717, 1.165) is 30.1 Å². The van der Waals surface area contributed by atoms with E-state index < -0.39 is 17.6 Å². The molecule has 2 N–H and O–H groups in total. The van der Waals surface area contributed by atoms with Crippen molar-refractivity contribution in [3.63, 3.8) is 0 Å². The van der Waals surface area contributed by atoms with Gasteiger partial charge in [0.1, 0.15) is 17.1 Å². The third-order valence-corrected chi connectivity index (χ3v) is 7.81. The summed E-state index contributed by atoms with van der Waals surface area (Å²) in [5.41, 5.74) is 2.61. The summed E-state index contributed by atoms with van der Waals surface area (Å²) in [7, 11) is 2.00. The highest BCUT2D eigenvalue weighted by Gasteiger charge is 2.34. The Morgan fingerprint density at radius 1 is 1.00 bits per heavy atom. The van der Waals surface area contributed by atoms with E-state index in [1.807, 2.05) is 36.2 Å². The first-order valence-electron chi connectivity index (χ1n) is 14.2. The van der Waals surface area contributed by atoms with Crippen LogP contribution in [0.25, 0.3) is 22.3 Å². The quantitative estimate of drug-likeness (QED) is 0.215. The Bertz CT molecular complexity index is 1800. The number of hydrogen-bond acceptors (Lipinski definition) is 6. The second-order valence-electron chi connectivity index (χ2n) is 11.0. The van der Waals surface area contributed by atoms with Gasteiger partial charge in [0.25, 0.3) is 5.91 Å². The number of fused-ring (bicyclic) bond motifs is 1. The average Bonchev–Trinajstić information content (AvgIpc) is 3.49. The molecule has 226 valence electrons. The van der Waals surface area contributed by atoms with E-state index in [2.05, 4.69) is 25.2 Å². The number of alkyl halides is 3. The largest absolute Gasteiger partial charge is 0.456 e. The van der Waals surface area contributed by atoms with Gasteiger partial charge in [-0.1, -0.05) is 12.1 Å². The number of rotatable bonds is 7. The molecule has 0 saturated carbocycles. The molecule has 1 amide bonds. The lowest BCUT2D eigenvalue weighted by Gasteiger charge is -2.33. The number of ether oxygens (including phenoxy) is 1. The van der Waals surface area contributed by atoms with Gasteiger partial charge in [0.15, 0.2) is 0 Å². The lowest BCUT2D eigenvalue weighted by atomic mass is 10.0. The topological polar surface area (TPSA) is 86.4 Å². The van der Waals surface area contributed by atoms with Crippen LogP contribution in [0.5, 0.6) is 11.5 Å². The molecule has 1 aliphatic heterocycles. The number of carbonyl (C=O) groups is 1. The molecule has 3 aromatic heterocycles. The highest BCUT2D eigenvalue weighted by atomic mass is 19.4. The number of likely N-dealkylation sites (N-methyl/N-ethyl adjacent to an activating group) is 1. The number of aromatic amines is 1. The number of piperazine rings is 1. The van der Waals surface area contributed by atoms with Crippen molar-refractivity contribution >= 4 is 22.6 Å². The third-order valence-electron chi connectivity index (χ3n) is 7.81. The van der Waals surface area contributed by atoms with Crippen LogP contribution in [0.1, 0.15) is 27.0 Å². The van der Waals surface area contributed by atoms with Gasteiger partial charge in [-0.25, -0.2) is 4.98 Å². The van der Waals surface area contributed by atoms with Gasteiger partial charge >= 0.3 is 6.18 Å². The van der Waals surface area contributed by atoms with Gasteiger partial charge in [-0.3, -0.25) is 14.7 Å². The minimum atomic E-state index is -4.56. The molecule has 1 fully saturated rings. The molecule has 1 saturated heterocycles. The normalized spacial score (nSPS) is 14.6. The second-order valence-corrected chi connectivity index (χ2v) is 11.0. The summed E-state index contributed by atoms with van der Waals surface area (Å²) in [5.74, 6) is 0.393. The standard InChI is InChI=1S/C33H31F3N6O2/c1-21-3-6-25(44-30-19-29(22-7-10-37-11-8-22)40-31-26(30)9-12-38-31)18-27(21)32(43)39-24-5-4-23(28(17-24)33(34,35)36)20-42-15-13-41(2)14-16-42/h3-12,17-19H,13-16,20H2,1-2H3,(H,38,40)(H,39,43). The van der Waals surface area contributed by atoms with Crippen LogP contribution in [0.15, 0.2) is 79.3 Å². The molecule has 11 heteroatoms. The smallest absolute Gasteiger partial charge is 0.416 e. The first-order chi connectivity index (χ1) is 21.1. The Balaban J connectivity index is 1.24. The summed E-state index contributed by atoms with van der Waals surface area (Å²) in [6.07, 6.45) is 0.566. The van der Waals surface area contributed by atoms with Gasteiger partial charge in [0, 0.05) is 74.2 Å². The molecule has 4 heterocycles. The molecule has 8 nitrogen and oxygen atoms in total. The number of H-pyrrole nitrogens is 1. The number of halogens is 3. The zero-order chi connectivity index (χ0) is 30.8. The number of benzene rings is 2. The summed E-state index contributed by atoms with van der Waals surface area (Å²) in [6, 6.07) is 16.4. The number of aromatic nitrogens is 3. The monoisotopic (exact) mass is 600 g/mol.